The van der Waals surface area contributed by atoms with Crippen LogP contribution in [0.4, 0.5) is 0 Å². The molecule has 0 spiro atoms. The van der Waals surface area contributed by atoms with Crippen LogP contribution in [-0.4, -0.2) is 64.7 Å². The Morgan fingerprint density at radius 1 is 0.977 bits per heavy atom. The Hall–Kier alpha value is -4.02. The number of aromatic hydroxyl groups is 1. The van der Waals surface area contributed by atoms with E-state index in [4.69, 9.17) is 16.3 Å². The van der Waals surface area contributed by atoms with Gasteiger partial charge < -0.3 is 30.4 Å². The molecule has 0 bridgehead atoms. The molecule has 3 aromatic rings. The molecular weight excluding hydrogens is 582 g/mol. The van der Waals surface area contributed by atoms with Crippen LogP contribution < -0.4 is 26.0 Å². The molecule has 3 amide bonds. The zero-order chi connectivity index (χ0) is 31.6. The smallest absolute Gasteiger partial charge is 0.244 e. The highest BCUT2D eigenvalue weighted by Gasteiger charge is 2.32. The lowest BCUT2D eigenvalue weighted by Gasteiger charge is -2.29. The SMILES string of the molecule is CC(C)[C@H]1NC(=O)[C@@H](Cc2ccc(O)c(Cl)c2)N[C@@H](C)COc2ccccc2CCCNC(=O)[C@H](Cn2cccc2)NC1=O. The van der Waals surface area contributed by atoms with Gasteiger partial charge >= 0.3 is 0 Å². The summed E-state index contributed by atoms with van der Waals surface area (Å²) < 4.78 is 8.02. The van der Waals surface area contributed by atoms with E-state index in [1.807, 2.05) is 74.1 Å². The molecule has 2 heterocycles. The predicted octanol–water partition coefficient (Wildman–Crippen LogP) is 3.20. The molecule has 0 saturated carbocycles. The molecular formula is C33H42ClN5O5. The highest BCUT2D eigenvalue weighted by Crippen LogP contribution is 2.24. The van der Waals surface area contributed by atoms with E-state index >= 15 is 0 Å². The number of phenolic OH excluding ortho intramolecular Hbond substituents is 1. The molecule has 5 N–H and O–H groups in total. The van der Waals surface area contributed by atoms with Crippen molar-refractivity contribution < 1.29 is 24.2 Å². The summed E-state index contributed by atoms with van der Waals surface area (Å²) >= 11 is 6.16. The summed E-state index contributed by atoms with van der Waals surface area (Å²) in [6.07, 6.45) is 5.28. The molecule has 1 aromatic heterocycles. The van der Waals surface area contributed by atoms with Crippen molar-refractivity contribution in [1.82, 2.24) is 25.8 Å². The van der Waals surface area contributed by atoms with Gasteiger partial charge in [0.2, 0.25) is 17.7 Å². The van der Waals surface area contributed by atoms with Crippen molar-refractivity contribution in [3.05, 3.63) is 83.1 Å². The summed E-state index contributed by atoms with van der Waals surface area (Å²) in [5.41, 5.74) is 1.75. The summed E-state index contributed by atoms with van der Waals surface area (Å²) in [5.74, 6) is -0.697. The van der Waals surface area contributed by atoms with Gasteiger partial charge in [-0.25, -0.2) is 0 Å². The Morgan fingerprint density at radius 3 is 2.45 bits per heavy atom. The number of ether oxygens (including phenoxy) is 1. The van der Waals surface area contributed by atoms with Crippen molar-refractivity contribution in [3.8, 4) is 11.5 Å². The van der Waals surface area contributed by atoms with Crippen LogP contribution in [0.5, 0.6) is 11.5 Å². The second kappa shape index (κ2) is 15.6. The monoisotopic (exact) mass is 623 g/mol. The van der Waals surface area contributed by atoms with Gasteiger partial charge in [-0.2, -0.15) is 0 Å². The van der Waals surface area contributed by atoms with Crippen molar-refractivity contribution in [1.29, 1.82) is 0 Å². The average molecular weight is 624 g/mol. The maximum Gasteiger partial charge on any atom is 0.244 e. The van der Waals surface area contributed by atoms with Gasteiger partial charge in [-0.1, -0.05) is 49.7 Å². The van der Waals surface area contributed by atoms with E-state index in [2.05, 4.69) is 21.3 Å². The number of aryl methyl sites for hydroxylation is 1. The number of amides is 3. The first-order valence-electron chi connectivity index (χ1n) is 15.0. The van der Waals surface area contributed by atoms with Gasteiger partial charge in [0, 0.05) is 25.0 Å². The third kappa shape index (κ3) is 9.24. The molecule has 2 aromatic carbocycles. The number of aromatic nitrogens is 1. The first kappa shape index (κ1) is 32.9. The first-order valence-corrected chi connectivity index (χ1v) is 15.4. The van der Waals surface area contributed by atoms with E-state index in [1.54, 1.807) is 12.1 Å². The van der Waals surface area contributed by atoms with Crippen LogP contribution in [-0.2, 0) is 33.8 Å². The molecule has 44 heavy (non-hydrogen) atoms. The summed E-state index contributed by atoms with van der Waals surface area (Å²) in [5, 5.41) is 22.2. The molecule has 0 saturated heterocycles. The first-order chi connectivity index (χ1) is 21.1. The molecule has 236 valence electrons. The zero-order valence-electron chi connectivity index (χ0n) is 25.4. The Morgan fingerprint density at radius 2 is 1.73 bits per heavy atom. The molecule has 4 atom stereocenters. The summed E-state index contributed by atoms with van der Waals surface area (Å²) in [6, 6.07) is 13.6. The number of halogens is 1. The third-order valence-electron chi connectivity index (χ3n) is 7.58. The van der Waals surface area contributed by atoms with E-state index < -0.39 is 24.0 Å². The number of nitrogens with zero attached hydrogens (tertiary/aromatic N) is 1. The second-order valence-corrected chi connectivity index (χ2v) is 12.0. The van der Waals surface area contributed by atoms with Crippen LogP contribution in [0.2, 0.25) is 5.02 Å². The van der Waals surface area contributed by atoms with Gasteiger partial charge in [0.15, 0.2) is 0 Å². The maximum absolute atomic E-state index is 13.8. The Balaban J connectivity index is 1.63. The molecule has 10 nitrogen and oxygen atoms in total. The highest BCUT2D eigenvalue weighted by molar-refractivity contribution is 6.32. The number of fused-ring (bicyclic) bond motifs is 1. The van der Waals surface area contributed by atoms with Crippen LogP contribution in [0.15, 0.2) is 67.0 Å². The van der Waals surface area contributed by atoms with Gasteiger partial charge in [-0.05, 0) is 73.6 Å². The van der Waals surface area contributed by atoms with Crippen LogP contribution in [0.3, 0.4) is 0 Å². The molecule has 0 radical (unpaired) electrons. The quantitative estimate of drug-likeness (QED) is 0.296. The van der Waals surface area contributed by atoms with Crippen LogP contribution in [0.25, 0.3) is 0 Å². The van der Waals surface area contributed by atoms with E-state index in [0.717, 1.165) is 16.9 Å². The van der Waals surface area contributed by atoms with Crippen molar-refractivity contribution >= 4 is 29.3 Å². The number of nitrogens with one attached hydrogen (secondary N) is 4. The normalized spacial score (nSPS) is 22.5. The maximum atomic E-state index is 13.8. The van der Waals surface area contributed by atoms with E-state index in [0.29, 0.717) is 26.0 Å². The second-order valence-electron chi connectivity index (χ2n) is 11.6. The molecule has 1 aliphatic rings. The molecule has 0 fully saturated rings. The van der Waals surface area contributed by atoms with Crippen molar-refractivity contribution in [2.45, 2.75) is 70.7 Å². The van der Waals surface area contributed by atoms with Crippen LogP contribution in [0, 0.1) is 5.92 Å². The van der Waals surface area contributed by atoms with Crippen molar-refractivity contribution in [2.24, 2.45) is 5.92 Å². The molecule has 0 aliphatic carbocycles. The van der Waals surface area contributed by atoms with Gasteiger partial charge in [0.05, 0.1) is 17.6 Å². The number of hydrogen-bond donors (Lipinski definition) is 5. The number of phenols is 1. The summed E-state index contributed by atoms with van der Waals surface area (Å²) in [7, 11) is 0. The van der Waals surface area contributed by atoms with Gasteiger partial charge in [-0.15, -0.1) is 0 Å². The number of hydrogen-bond acceptors (Lipinski definition) is 6. The molecule has 11 heteroatoms. The van der Waals surface area contributed by atoms with Gasteiger partial charge in [0.25, 0.3) is 0 Å². The number of carbonyl (C=O) groups is 3. The lowest BCUT2D eigenvalue weighted by atomic mass is 10.00. The Kier molecular flexibility index (Phi) is 11.7. The van der Waals surface area contributed by atoms with E-state index in [1.165, 1.54) is 6.07 Å². The number of rotatable bonds is 5. The molecule has 0 unspecified atom stereocenters. The van der Waals surface area contributed by atoms with Crippen LogP contribution in [0.1, 0.15) is 38.3 Å². The van der Waals surface area contributed by atoms with Crippen molar-refractivity contribution in [2.75, 3.05) is 13.2 Å². The summed E-state index contributed by atoms with van der Waals surface area (Å²) in [4.78, 5) is 40.8. The fraction of sp³-hybridized carbons (Fsp3) is 0.424. The Labute approximate surface area is 263 Å². The topological polar surface area (TPSA) is 134 Å². The number of carbonyl (C=O) groups excluding carboxylic acids is 3. The lowest BCUT2D eigenvalue weighted by molar-refractivity contribution is -0.133. The van der Waals surface area contributed by atoms with E-state index in [-0.39, 0.29) is 47.5 Å². The minimum absolute atomic E-state index is 0.0481. The third-order valence-corrected chi connectivity index (χ3v) is 7.88. The fourth-order valence-electron chi connectivity index (χ4n) is 5.16. The van der Waals surface area contributed by atoms with Gasteiger partial charge in [0.1, 0.15) is 30.2 Å². The number of para-hydroxylation sites is 1. The summed E-state index contributed by atoms with van der Waals surface area (Å²) in [6.45, 7) is 6.57. The predicted molar refractivity (Wildman–Crippen MR) is 170 cm³/mol. The molecule has 1 aliphatic heterocycles. The van der Waals surface area contributed by atoms with Gasteiger partial charge in [-0.3, -0.25) is 19.7 Å². The average Bonchev–Trinajstić information content (AvgIpc) is 3.51. The molecule has 4 rings (SSSR count). The standard InChI is InChI=1S/C33H42ClN5O5/c1-21(2)30-33(43)37-27(19-39-15-6-7-16-39)31(41)35-14-8-10-24-9-4-5-11-29(24)44-20-22(3)36-26(32(42)38-30)18-23-12-13-28(40)25(34)17-23/h4-7,9,11-13,15-17,21-22,26-27,30,36,40H,8,10,14,18-20H2,1-3H3,(H,35,41)(H,37,43)(H,38,42)/t22-,26+,27-,30+/m0/s1. The number of benzene rings is 2. The van der Waals surface area contributed by atoms with Crippen molar-refractivity contribution in [3.63, 3.8) is 0 Å². The Bertz CT molecular complexity index is 1410. The zero-order valence-corrected chi connectivity index (χ0v) is 26.1. The lowest BCUT2D eigenvalue weighted by Crippen LogP contribution is -2.59. The largest absolute Gasteiger partial charge is 0.506 e. The van der Waals surface area contributed by atoms with Crippen LogP contribution >= 0.6 is 11.6 Å². The fourth-order valence-corrected chi connectivity index (χ4v) is 5.36. The van der Waals surface area contributed by atoms with E-state index in [9.17, 15) is 19.5 Å². The minimum Gasteiger partial charge on any atom is -0.506 e. The highest BCUT2D eigenvalue weighted by atomic mass is 35.5. The minimum atomic E-state index is -0.896.